The maximum Gasteiger partial charge on any atom is 0.363 e. The molecule has 0 saturated heterocycles. The Hall–Kier alpha value is -2.17. The molecule has 4 rings (SSSR count). The minimum Gasteiger partial charge on any atom is -0.490 e. The summed E-state index contributed by atoms with van der Waals surface area (Å²) < 4.78 is 20.1. The number of nitrogens with zero attached hydrogens (tertiary/aromatic N) is 1. The Morgan fingerprint density at radius 3 is 2.55 bits per heavy atom. The molecule has 1 heterocycles. The van der Waals surface area contributed by atoms with E-state index < -0.39 is 5.97 Å². The molecule has 1 aliphatic rings. The van der Waals surface area contributed by atoms with Crippen LogP contribution >= 0.6 is 54.5 Å². The highest BCUT2D eigenvalue weighted by atomic mass is 127. The Bertz CT molecular complexity index is 1260. The van der Waals surface area contributed by atoms with E-state index in [1.54, 1.807) is 6.08 Å². The van der Waals surface area contributed by atoms with Crippen molar-refractivity contribution in [2.45, 2.75) is 13.5 Å². The fourth-order valence-electron chi connectivity index (χ4n) is 3.12. The van der Waals surface area contributed by atoms with Gasteiger partial charge in [0.15, 0.2) is 17.2 Å². The van der Waals surface area contributed by atoms with Gasteiger partial charge >= 0.3 is 5.97 Å². The Labute approximate surface area is 222 Å². The topological polar surface area (TPSA) is 57.1 Å². The summed E-state index contributed by atoms with van der Waals surface area (Å²) in [7, 11) is 0. The Balaban J connectivity index is 1.61. The molecule has 0 bridgehead atoms. The van der Waals surface area contributed by atoms with E-state index in [1.807, 2.05) is 67.6 Å². The summed E-state index contributed by atoms with van der Waals surface area (Å²) >= 11 is 9.27. The van der Waals surface area contributed by atoms with Crippen molar-refractivity contribution in [1.82, 2.24) is 0 Å². The molecule has 0 aromatic heterocycles. The number of hydrogen-bond donors (Lipinski definition) is 0. The lowest BCUT2D eigenvalue weighted by molar-refractivity contribution is -0.129. The van der Waals surface area contributed by atoms with Gasteiger partial charge in [-0.2, -0.15) is 0 Å². The van der Waals surface area contributed by atoms with Gasteiger partial charge in [0.05, 0.1) is 11.1 Å². The normalized spacial score (nSPS) is 14.2. The molecule has 168 valence electrons. The van der Waals surface area contributed by atoms with Crippen LogP contribution in [0.4, 0.5) is 0 Å². The number of aliphatic imine (C=N–C) groups is 1. The second kappa shape index (κ2) is 10.8. The van der Waals surface area contributed by atoms with Crippen LogP contribution in [-0.2, 0) is 16.1 Å². The minimum atomic E-state index is -0.499. The predicted molar refractivity (Wildman–Crippen MR) is 144 cm³/mol. The lowest BCUT2D eigenvalue weighted by Crippen LogP contribution is -2.05. The zero-order valence-corrected chi connectivity index (χ0v) is 22.8. The first-order valence-corrected chi connectivity index (χ1v) is 12.7. The monoisotopic (exact) mass is 681 g/mol. The number of ether oxygens (including phenoxy) is 3. The molecular formula is C25H18Br2INO4. The number of hydrogen-bond acceptors (Lipinski definition) is 5. The molecule has 0 N–H and O–H groups in total. The number of rotatable bonds is 7. The van der Waals surface area contributed by atoms with Gasteiger partial charge in [0.1, 0.15) is 6.61 Å². The summed E-state index contributed by atoms with van der Waals surface area (Å²) in [5.41, 5.74) is 2.77. The molecule has 0 radical (unpaired) electrons. The fraction of sp³-hybridized carbons (Fsp3) is 0.120. The van der Waals surface area contributed by atoms with Gasteiger partial charge in [0.2, 0.25) is 5.90 Å². The first-order chi connectivity index (χ1) is 15.9. The molecule has 8 heteroatoms. The van der Waals surface area contributed by atoms with Crippen LogP contribution in [0.2, 0.25) is 0 Å². The number of carbonyl (C=O) groups is 1. The van der Waals surface area contributed by atoms with Crippen molar-refractivity contribution in [3.05, 3.63) is 95.6 Å². The van der Waals surface area contributed by atoms with Gasteiger partial charge in [-0.05, 0) is 99.5 Å². The first kappa shape index (κ1) is 24.0. The third-order valence-electron chi connectivity index (χ3n) is 4.68. The summed E-state index contributed by atoms with van der Waals surface area (Å²) in [6, 6.07) is 19.1. The number of benzene rings is 3. The highest BCUT2D eigenvalue weighted by Gasteiger charge is 2.24. The summed E-state index contributed by atoms with van der Waals surface area (Å²) in [6.07, 6.45) is 1.67. The summed E-state index contributed by atoms with van der Waals surface area (Å²) in [5.74, 6) is 0.959. The van der Waals surface area contributed by atoms with Gasteiger partial charge in [-0.15, -0.1) is 0 Å². The lowest BCUT2D eigenvalue weighted by Gasteiger charge is -2.15. The van der Waals surface area contributed by atoms with E-state index in [0.29, 0.717) is 24.7 Å². The van der Waals surface area contributed by atoms with Crippen molar-refractivity contribution in [3.8, 4) is 11.5 Å². The summed E-state index contributed by atoms with van der Waals surface area (Å²) in [6.45, 7) is 2.79. The molecule has 0 spiro atoms. The van der Waals surface area contributed by atoms with Crippen LogP contribution in [-0.4, -0.2) is 18.5 Å². The molecule has 1 aliphatic heterocycles. The quantitative estimate of drug-likeness (QED) is 0.151. The maximum atomic E-state index is 12.4. The second-order valence-electron chi connectivity index (χ2n) is 6.99. The molecule has 0 atom stereocenters. The van der Waals surface area contributed by atoms with Gasteiger partial charge in [-0.25, -0.2) is 9.79 Å². The van der Waals surface area contributed by atoms with Crippen molar-refractivity contribution in [2.75, 3.05) is 6.61 Å². The van der Waals surface area contributed by atoms with E-state index in [4.69, 9.17) is 14.2 Å². The molecule has 0 saturated carbocycles. The molecule has 33 heavy (non-hydrogen) atoms. The maximum absolute atomic E-state index is 12.4. The average Bonchev–Trinajstić information content (AvgIpc) is 3.15. The van der Waals surface area contributed by atoms with E-state index in [0.717, 1.165) is 29.2 Å². The molecule has 0 aliphatic carbocycles. The van der Waals surface area contributed by atoms with Crippen LogP contribution in [0.1, 0.15) is 23.6 Å². The molecule has 0 unspecified atom stereocenters. The van der Waals surface area contributed by atoms with Gasteiger partial charge in [0, 0.05) is 19.2 Å². The molecular weight excluding hydrogens is 665 g/mol. The van der Waals surface area contributed by atoms with E-state index in [2.05, 4.69) is 59.4 Å². The number of halogens is 3. The molecule has 3 aromatic rings. The number of cyclic esters (lactones) is 1. The number of esters is 1. The van der Waals surface area contributed by atoms with Crippen LogP contribution in [0.5, 0.6) is 11.5 Å². The first-order valence-electron chi connectivity index (χ1n) is 10.1. The van der Waals surface area contributed by atoms with Crippen LogP contribution in [0.25, 0.3) is 6.08 Å². The molecule has 3 aromatic carbocycles. The molecule has 0 fully saturated rings. The molecule has 5 nitrogen and oxygen atoms in total. The third-order valence-corrected chi connectivity index (χ3v) is 6.85. The van der Waals surface area contributed by atoms with Gasteiger partial charge in [-0.1, -0.05) is 34.1 Å². The van der Waals surface area contributed by atoms with Crippen LogP contribution in [0, 0.1) is 3.57 Å². The largest absolute Gasteiger partial charge is 0.490 e. The smallest absolute Gasteiger partial charge is 0.363 e. The SMILES string of the molecule is CCOc1cc(/C=C2\N=C(c3ccc(Br)cc3)OC2=O)cc(Br)c1OCc1ccccc1I. The standard InChI is InChI=1S/C25H18Br2INO4/c1-2-31-22-13-15(11-19(27)23(22)32-14-17-5-3-4-6-20(17)28)12-21-25(30)33-24(29-21)16-7-9-18(26)10-8-16/h3-13H,2,14H2,1H3/b21-12-. The van der Waals surface area contributed by atoms with E-state index >= 15 is 0 Å². The third kappa shape index (κ3) is 5.85. The van der Waals surface area contributed by atoms with Crippen LogP contribution < -0.4 is 9.47 Å². The highest BCUT2D eigenvalue weighted by Crippen LogP contribution is 2.38. The zero-order chi connectivity index (χ0) is 23.4. The van der Waals surface area contributed by atoms with Gasteiger partial charge in [0.25, 0.3) is 0 Å². The van der Waals surface area contributed by atoms with Crippen LogP contribution in [0.3, 0.4) is 0 Å². The Morgan fingerprint density at radius 1 is 1.06 bits per heavy atom. The fourth-order valence-corrected chi connectivity index (χ4v) is 4.50. The van der Waals surface area contributed by atoms with Gasteiger partial charge < -0.3 is 14.2 Å². The van der Waals surface area contributed by atoms with E-state index in [-0.39, 0.29) is 11.6 Å². The van der Waals surface area contributed by atoms with Gasteiger partial charge in [-0.3, -0.25) is 0 Å². The van der Waals surface area contributed by atoms with E-state index in [1.165, 1.54) is 0 Å². The van der Waals surface area contributed by atoms with Crippen molar-refractivity contribution < 1.29 is 19.0 Å². The van der Waals surface area contributed by atoms with Crippen molar-refractivity contribution in [3.63, 3.8) is 0 Å². The minimum absolute atomic E-state index is 0.217. The Kier molecular flexibility index (Phi) is 7.87. The lowest BCUT2D eigenvalue weighted by atomic mass is 10.1. The highest BCUT2D eigenvalue weighted by molar-refractivity contribution is 14.1. The van der Waals surface area contributed by atoms with Crippen molar-refractivity contribution in [1.29, 1.82) is 0 Å². The summed E-state index contributed by atoms with van der Waals surface area (Å²) in [5, 5.41) is 0. The van der Waals surface area contributed by atoms with Crippen molar-refractivity contribution >= 4 is 72.4 Å². The predicted octanol–water partition coefficient (Wildman–Crippen LogP) is 7.14. The average molecular weight is 683 g/mol. The number of carbonyl (C=O) groups excluding carboxylic acids is 1. The van der Waals surface area contributed by atoms with E-state index in [9.17, 15) is 4.79 Å². The Morgan fingerprint density at radius 2 is 1.82 bits per heavy atom. The molecule has 0 amide bonds. The van der Waals surface area contributed by atoms with Crippen LogP contribution in [0.15, 0.2) is 80.3 Å². The van der Waals surface area contributed by atoms with Crippen molar-refractivity contribution in [2.24, 2.45) is 4.99 Å². The summed E-state index contributed by atoms with van der Waals surface area (Å²) in [4.78, 5) is 16.8. The second-order valence-corrected chi connectivity index (χ2v) is 9.92. The zero-order valence-electron chi connectivity index (χ0n) is 17.5.